The normalized spacial score (nSPS) is 11.8. The van der Waals surface area contributed by atoms with Crippen molar-refractivity contribution in [2.24, 2.45) is 11.7 Å². The molecule has 88 valence electrons. The zero-order valence-corrected chi connectivity index (χ0v) is 10.2. The first-order chi connectivity index (χ1) is 7.04. The molecule has 4 heteroatoms. The highest BCUT2D eigenvalue weighted by molar-refractivity contribution is 5.85. The highest BCUT2D eigenvalue weighted by Crippen LogP contribution is 2.20. The maximum absolute atomic E-state index is 13.0. The fourth-order valence-corrected chi connectivity index (χ4v) is 1.50. The standard InChI is InChI=1S/C12H15FN2.ClH/c1-8(2)5-12(15)9-3-4-11(13)10(6-9)7-14;/h3-4,6,8,12H,5,15H2,1-2H3;1H/t12-;/m1./s1. The quantitative estimate of drug-likeness (QED) is 0.885. The van der Waals surface area contributed by atoms with Crippen LogP contribution in [0.3, 0.4) is 0 Å². The van der Waals surface area contributed by atoms with Crippen molar-refractivity contribution in [3.63, 3.8) is 0 Å². The molecule has 0 unspecified atom stereocenters. The molecule has 0 bridgehead atoms. The van der Waals surface area contributed by atoms with Gasteiger partial charge >= 0.3 is 0 Å². The minimum absolute atomic E-state index is 0. The molecule has 0 amide bonds. The van der Waals surface area contributed by atoms with E-state index in [1.165, 1.54) is 12.1 Å². The molecule has 0 aliphatic heterocycles. The second kappa shape index (κ2) is 6.47. The van der Waals surface area contributed by atoms with Gasteiger partial charge in [-0.15, -0.1) is 12.4 Å². The molecule has 0 spiro atoms. The van der Waals surface area contributed by atoms with Crippen LogP contribution in [0, 0.1) is 23.1 Å². The third-order valence-electron chi connectivity index (χ3n) is 2.26. The van der Waals surface area contributed by atoms with Crippen LogP contribution in [-0.4, -0.2) is 0 Å². The Labute approximate surface area is 102 Å². The highest BCUT2D eigenvalue weighted by Gasteiger charge is 2.10. The van der Waals surface area contributed by atoms with Crippen molar-refractivity contribution in [3.05, 3.63) is 35.1 Å². The third-order valence-corrected chi connectivity index (χ3v) is 2.26. The number of halogens is 2. The van der Waals surface area contributed by atoms with E-state index in [-0.39, 0.29) is 24.0 Å². The van der Waals surface area contributed by atoms with Crippen LogP contribution in [-0.2, 0) is 0 Å². The van der Waals surface area contributed by atoms with Crippen LogP contribution >= 0.6 is 12.4 Å². The number of nitrogens with zero attached hydrogens (tertiary/aromatic N) is 1. The first kappa shape index (κ1) is 14.9. The predicted octanol–water partition coefficient (Wildman–Crippen LogP) is 3.17. The van der Waals surface area contributed by atoms with Gasteiger partial charge in [-0.2, -0.15) is 5.26 Å². The van der Waals surface area contributed by atoms with Gasteiger partial charge in [-0.1, -0.05) is 19.9 Å². The van der Waals surface area contributed by atoms with Crippen LogP contribution in [0.5, 0.6) is 0 Å². The summed E-state index contributed by atoms with van der Waals surface area (Å²) in [5, 5.41) is 8.68. The van der Waals surface area contributed by atoms with Gasteiger partial charge in [0, 0.05) is 6.04 Å². The molecule has 0 aliphatic carbocycles. The second-order valence-corrected chi connectivity index (χ2v) is 4.09. The largest absolute Gasteiger partial charge is 0.324 e. The lowest BCUT2D eigenvalue weighted by molar-refractivity contribution is 0.509. The third kappa shape index (κ3) is 3.80. The predicted molar refractivity (Wildman–Crippen MR) is 64.7 cm³/mol. The van der Waals surface area contributed by atoms with Crippen LogP contribution in [0.15, 0.2) is 18.2 Å². The SMILES string of the molecule is CC(C)C[C@@H](N)c1ccc(F)c(C#N)c1.Cl. The Hall–Kier alpha value is -1.11. The summed E-state index contributed by atoms with van der Waals surface area (Å²) in [6, 6.07) is 6.16. The van der Waals surface area contributed by atoms with Crippen LogP contribution in [0.1, 0.15) is 37.4 Å². The van der Waals surface area contributed by atoms with Gasteiger partial charge in [0.05, 0.1) is 5.56 Å². The van der Waals surface area contributed by atoms with Gasteiger partial charge in [-0.3, -0.25) is 0 Å². The highest BCUT2D eigenvalue weighted by atomic mass is 35.5. The number of hydrogen-bond acceptors (Lipinski definition) is 2. The molecule has 2 nitrogen and oxygen atoms in total. The Morgan fingerprint density at radius 3 is 2.56 bits per heavy atom. The summed E-state index contributed by atoms with van der Waals surface area (Å²) in [6.07, 6.45) is 0.830. The molecule has 0 aromatic heterocycles. The molecule has 1 aromatic carbocycles. The molecule has 1 aromatic rings. The van der Waals surface area contributed by atoms with Crippen molar-refractivity contribution in [3.8, 4) is 6.07 Å². The summed E-state index contributed by atoms with van der Waals surface area (Å²) in [6.45, 7) is 4.16. The molecule has 1 rings (SSSR count). The Bertz CT molecular complexity index is 385. The first-order valence-corrected chi connectivity index (χ1v) is 4.99. The maximum atomic E-state index is 13.0. The fraction of sp³-hybridized carbons (Fsp3) is 0.417. The summed E-state index contributed by atoms with van der Waals surface area (Å²) in [5.41, 5.74) is 6.82. The fourth-order valence-electron chi connectivity index (χ4n) is 1.50. The Kier molecular flexibility index (Phi) is 6.02. The van der Waals surface area contributed by atoms with Crippen molar-refractivity contribution >= 4 is 12.4 Å². The molecular weight excluding hydrogens is 227 g/mol. The molecule has 0 aliphatic rings. The van der Waals surface area contributed by atoms with Crippen LogP contribution in [0.2, 0.25) is 0 Å². The first-order valence-electron chi connectivity index (χ1n) is 4.99. The van der Waals surface area contributed by atoms with Gasteiger partial charge in [0.2, 0.25) is 0 Å². The van der Waals surface area contributed by atoms with E-state index in [1.807, 2.05) is 6.07 Å². The smallest absolute Gasteiger partial charge is 0.140 e. The molecule has 0 saturated carbocycles. The molecule has 2 N–H and O–H groups in total. The lowest BCUT2D eigenvalue weighted by Gasteiger charge is -2.14. The van der Waals surface area contributed by atoms with E-state index in [0.29, 0.717) is 5.92 Å². The zero-order valence-electron chi connectivity index (χ0n) is 9.40. The van der Waals surface area contributed by atoms with Crippen molar-refractivity contribution in [2.45, 2.75) is 26.3 Å². The van der Waals surface area contributed by atoms with Crippen molar-refractivity contribution in [1.29, 1.82) is 5.26 Å². The minimum Gasteiger partial charge on any atom is -0.324 e. The van der Waals surface area contributed by atoms with E-state index < -0.39 is 5.82 Å². The zero-order chi connectivity index (χ0) is 11.4. The van der Waals surface area contributed by atoms with Gasteiger partial charge in [0.25, 0.3) is 0 Å². The Balaban J connectivity index is 0.00000225. The summed E-state index contributed by atoms with van der Waals surface area (Å²) >= 11 is 0. The van der Waals surface area contributed by atoms with E-state index in [4.69, 9.17) is 11.0 Å². The van der Waals surface area contributed by atoms with Crippen LogP contribution < -0.4 is 5.73 Å². The molecule has 16 heavy (non-hydrogen) atoms. The van der Waals surface area contributed by atoms with Gasteiger partial charge in [-0.05, 0) is 30.0 Å². The number of benzene rings is 1. The Morgan fingerprint density at radius 2 is 2.06 bits per heavy atom. The molecule has 0 radical (unpaired) electrons. The molecule has 0 fully saturated rings. The topological polar surface area (TPSA) is 49.8 Å². The maximum Gasteiger partial charge on any atom is 0.140 e. The summed E-state index contributed by atoms with van der Waals surface area (Å²) in [4.78, 5) is 0. The van der Waals surface area contributed by atoms with E-state index in [9.17, 15) is 4.39 Å². The average molecular weight is 243 g/mol. The van der Waals surface area contributed by atoms with E-state index in [2.05, 4.69) is 13.8 Å². The van der Waals surface area contributed by atoms with E-state index in [1.54, 1.807) is 6.07 Å². The number of hydrogen-bond donors (Lipinski definition) is 1. The monoisotopic (exact) mass is 242 g/mol. The van der Waals surface area contributed by atoms with Gasteiger partial charge in [0.1, 0.15) is 11.9 Å². The summed E-state index contributed by atoms with van der Waals surface area (Å²) in [5.74, 6) is -0.00594. The van der Waals surface area contributed by atoms with E-state index in [0.717, 1.165) is 12.0 Å². The van der Waals surface area contributed by atoms with Gasteiger partial charge < -0.3 is 5.73 Å². The molecule has 1 atom stereocenters. The lowest BCUT2D eigenvalue weighted by atomic mass is 9.96. The molecule has 0 saturated heterocycles. The van der Waals surface area contributed by atoms with Crippen molar-refractivity contribution in [2.75, 3.05) is 0 Å². The average Bonchev–Trinajstić information content (AvgIpc) is 2.17. The number of rotatable bonds is 3. The van der Waals surface area contributed by atoms with Crippen molar-refractivity contribution < 1.29 is 4.39 Å². The number of nitriles is 1. The summed E-state index contributed by atoms with van der Waals surface area (Å²) in [7, 11) is 0. The van der Waals surface area contributed by atoms with Gasteiger partial charge in [-0.25, -0.2) is 4.39 Å². The second-order valence-electron chi connectivity index (χ2n) is 4.09. The Morgan fingerprint density at radius 1 is 1.44 bits per heavy atom. The molecule has 0 heterocycles. The van der Waals surface area contributed by atoms with Crippen molar-refractivity contribution in [1.82, 2.24) is 0 Å². The molecular formula is C12H16ClFN2. The van der Waals surface area contributed by atoms with Gasteiger partial charge in [0.15, 0.2) is 0 Å². The minimum atomic E-state index is -0.488. The number of nitrogens with two attached hydrogens (primary N) is 1. The van der Waals surface area contributed by atoms with Crippen LogP contribution in [0.25, 0.3) is 0 Å². The lowest BCUT2D eigenvalue weighted by Crippen LogP contribution is -2.13. The van der Waals surface area contributed by atoms with Crippen LogP contribution in [0.4, 0.5) is 4.39 Å². The summed E-state index contributed by atoms with van der Waals surface area (Å²) < 4.78 is 13.0. The van der Waals surface area contributed by atoms with E-state index >= 15 is 0 Å².